The molecule has 0 radical (unpaired) electrons. The second-order valence-corrected chi connectivity index (χ2v) is 4.44. The fraction of sp³-hybridized carbons (Fsp3) is 0.583. The van der Waals surface area contributed by atoms with Crippen molar-refractivity contribution in [1.82, 2.24) is 4.98 Å². The van der Waals surface area contributed by atoms with Crippen LogP contribution in [-0.2, 0) is 0 Å². The van der Waals surface area contributed by atoms with Gasteiger partial charge in [0.25, 0.3) is 0 Å². The van der Waals surface area contributed by atoms with E-state index in [0.717, 1.165) is 23.6 Å². The monoisotopic (exact) mass is 205 g/mol. The van der Waals surface area contributed by atoms with Crippen LogP contribution < -0.4 is 10.6 Å². The summed E-state index contributed by atoms with van der Waals surface area (Å²) in [7, 11) is 0. The highest BCUT2D eigenvalue weighted by Crippen LogP contribution is 2.24. The minimum Gasteiger partial charge on any atom is -0.398 e. The Morgan fingerprint density at radius 2 is 2.27 bits per heavy atom. The first-order valence-corrected chi connectivity index (χ1v) is 5.67. The van der Waals surface area contributed by atoms with E-state index in [1.807, 2.05) is 19.2 Å². The SMILES string of the molecule is Cc1cnc(N2CCCCC2C)cc1N. The van der Waals surface area contributed by atoms with Crippen LogP contribution in [0.1, 0.15) is 31.7 Å². The molecule has 2 rings (SSSR count). The van der Waals surface area contributed by atoms with Gasteiger partial charge in [-0.1, -0.05) is 0 Å². The summed E-state index contributed by atoms with van der Waals surface area (Å²) < 4.78 is 0. The number of hydrogen-bond donors (Lipinski definition) is 1. The summed E-state index contributed by atoms with van der Waals surface area (Å²) in [5.41, 5.74) is 7.81. The fourth-order valence-corrected chi connectivity index (χ4v) is 2.12. The first-order chi connectivity index (χ1) is 7.18. The van der Waals surface area contributed by atoms with Crippen LogP contribution in [0.25, 0.3) is 0 Å². The molecule has 0 amide bonds. The topological polar surface area (TPSA) is 42.2 Å². The highest BCUT2D eigenvalue weighted by Gasteiger charge is 2.19. The van der Waals surface area contributed by atoms with Crippen molar-refractivity contribution in [1.29, 1.82) is 0 Å². The lowest BCUT2D eigenvalue weighted by Gasteiger charge is -2.34. The molecule has 1 aliphatic heterocycles. The average molecular weight is 205 g/mol. The van der Waals surface area contributed by atoms with Crippen LogP contribution in [0.2, 0.25) is 0 Å². The number of aromatic nitrogens is 1. The molecule has 1 fully saturated rings. The molecule has 1 aliphatic rings. The maximum Gasteiger partial charge on any atom is 0.130 e. The number of pyridine rings is 1. The Bertz CT molecular complexity index is 349. The molecule has 1 saturated heterocycles. The third kappa shape index (κ3) is 2.06. The number of nitrogens with zero attached hydrogens (tertiary/aromatic N) is 2. The number of aryl methyl sites for hydroxylation is 1. The summed E-state index contributed by atoms with van der Waals surface area (Å²) in [5, 5.41) is 0. The Balaban J connectivity index is 2.24. The lowest BCUT2D eigenvalue weighted by Crippen LogP contribution is -2.38. The van der Waals surface area contributed by atoms with Crippen LogP contribution in [0.15, 0.2) is 12.3 Å². The summed E-state index contributed by atoms with van der Waals surface area (Å²) in [5.74, 6) is 1.03. The van der Waals surface area contributed by atoms with Crippen molar-refractivity contribution in [2.75, 3.05) is 17.2 Å². The van der Waals surface area contributed by atoms with Crippen LogP contribution in [0, 0.1) is 6.92 Å². The van der Waals surface area contributed by atoms with Crippen molar-refractivity contribution >= 4 is 11.5 Å². The van der Waals surface area contributed by atoms with E-state index in [1.165, 1.54) is 19.3 Å². The van der Waals surface area contributed by atoms with E-state index in [2.05, 4.69) is 16.8 Å². The highest BCUT2D eigenvalue weighted by molar-refractivity contribution is 5.55. The molecule has 1 unspecified atom stereocenters. The molecule has 2 N–H and O–H groups in total. The Hall–Kier alpha value is -1.25. The van der Waals surface area contributed by atoms with Gasteiger partial charge in [0.2, 0.25) is 0 Å². The maximum absolute atomic E-state index is 5.91. The molecule has 82 valence electrons. The first kappa shape index (κ1) is 10.3. The predicted octanol–water partition coefficient (Wildman–Crippen LogP) is 2.35. The van der Waals surface area contributed by atoms with E-state index in [1.54, 1.807) is 0 Å². The van der Waals surface area contributed by atoms with Gasteiger partial charge in [-0.3, -0.25) is 0 Å². The number of nitrogens with two attached hydrogens (primary N) is 1. The Labute approximate surface area is 91.3 Å². The van der Waals surface area contributed by atoms with Gasteiger partial charge in [-0.2, -0.15) is 0 Å². The largest absolute Gasteiger partial charge is 0.398 e. The number of anilines is 2. The second kappa shape index (κ2) is 4.09. The summed E-state index contributed by atoms with van der Waals surface area (Å²) in [6.45, 7) is 5.36. The lowest BCUT2D eigenvalue weighted by atomic mass is 10.0. The van der Waals surface area contributed by atoms with Gasteiger partial charge < -0.3 is 10.6 Å². The van der Waals surface area contributed by atoms with Crippen LogP contribution in [0.5, 0.6) is 0 Å². The standard InChI is InChI=1S/C12H19N3/c1-9-8-14-12(7-11(9)13)15-6-4-3-5-10(15)2/h7-8,10H,3-6H2,1-2H3,(H2,13,14). The van der Waals surface area contributed by atoms with Crippen LogP contribution >= 0.6 is 0 Å². The Morgan fingerprint density at radius 1 is 1.47 bits per heavy atom. The summed E-state index contributed by atoms with van der Waals surface area (Å²) in [4.78, 5) is 6.82. The van der Waals surface area contributed by atoms with Crippen molar-refractivity contribution in [3.05, 3.63) is 17.8 Å². The van der Waals surface area contributed by atoms with Crippen molar-refractivity contribution in [2.24, 2.45) is 0 Å². The lowest BCUT2D eigenvalue weighted by molar-refractivity contribution is 0.481. The first-order valence-electron chi connectivity index (χ1n) is 5.67. The fourth-order valence-electron chi connectivity index (χ4n) is 2.12. The minimum atomic E-state index is 0.591. The molecule has 0 aliphatic carbocycles. The number of rotatable bonds is 1. The zero-order valence-corrected chi connectivity index (χ0v) is 9.53. The molecular weight excluding hydrogens is 186 g/mol. The third-order valence-electron chi connectivity index (χ3n) is 3.23. The Kier molecular flexibility index (Phi) is 2.80. The molecule has 0 bridgehead atoms. The van der Waals surface area contributed by atoms with Gasteiger partial charge in [-0.05, 0) is 38.7 Å². The average Bonchev–Trinajstić information content (AvgIpc) is 2.23. The van der Waals surface area contributed by atoms with E-state index in [9.17, 15) is 0 Å². The van der Waals surface area contributed by atoms with E-state index in [4.69, 9.17) is 5.73 Å². The molecule has 0 aromatic carbocycles. The molecule has 3 nitrogen and oxygen atoms in total. The Morgan fingerprint density at radius 3 is 2.93 bits per heavy atom. The minimum absolute atomic E-state index is 0.591. The normalized spacial score (nSPS) is 21.7. The van der Waals surface area contributed by atoms with E-state index >= 15 is 0 Å². The van der Waals surface area contributed by atoms with Crippen molar-refractivity contribution in [2.45, 2.75) is 39.2 Å². The number of piperidine rings is 1. The molecule has 2 heterocycles. The van der Waals surface area contributed by atoms with Gasteiger partial charge in [0.05, 0.1) is 0 Å². The summed E-state index contributed by atoms with van der Waals surface area (Å²) in [6.07, 6.45) is 5.72. The molecule has 1 aromatic rings. The van der Waals surface area contributed by atoms with Crippen LogP contribution in [0.3, 0.4) is 0 Å². The maximum atomic E-state index is 5.91. The predicted molar refractivity (Wildman–Crippen MR) is 64.0 cm³/mol. The molecule has 0 spiro atoms. The van der Waals surface area contributed by atoms with Gasteiger partial charge in [0, 0.05) is 30.5 Å². The summed E-state index contributed by atoms with van der Waals surface area (Å²) >= 11 is 0. The molecule has 1 aromatic heterocycles. The highest BCUT2D eigenvalue weighted by atomic mass is 15.2. The van der Waals surface area contributed by atoms with Gasteiger partial charge in [0.1, 0.15) is 5.82 Å². The zero-order valence-electron chi connectivity index (χ0n) is 9.53. The van der Waals surface area contributed by atoms with Crippen LogP contribution in [-0.4, -0.2) is 17.6 Å². The number of nitrogen functional groups attached to an aromatic ring is 1. The van der Waals surface area contributed by atoms with Crippen molar-refractivity contribution < 1.29 is 0 Å². The summed E-state index contributed by atoms with van der Waals surface area (Å²) in [6, 6.07) is 2.59. The smallest absolute Gasteiger partial charge is 0.130 e. The molecular formula is C12H19N3. The van der Waals surface area contributed by atoms with E-state index in [0.29, 0.717) is 6.04 Å². The quantitative estimate of drug-likeness (QED) is 0.765. The van der Waals surface area contributed by atoms with Crippen LogP contribution in [0.4, 0.5) is 11.5 Å². The molecule has 15 heavy (non-hydrogen) atoms. The van der Waals surface area contributed by atoms with Crippen molar-refractivity contribution in [3.63, 3.8) is 0 Å². The molecule has 1 atom stereocenters. The molecule has 0 saturated carbocycles. The van der Waals surface area contributed by atoms with E-state index < -0.39 is 0 Å². The van der Waals surface area contributed by atoms with Gasteiger partial charge in [0.15, 0.2) is 0 Å². The molecule has 3 heteroatoms. The second-order valence-electron chi connectivity index (χ2n) is 4.44. The van der Waals surface area contributed by atoms with Gasteiger partial charge in [-0.15, -0.1) is 0 Å². The van der Waals surface area contributed by atoms with E-state index in [-0.39, 0.29) is 0 Å². The third-order valence-corrected chi connectivity index (χ3v) is 3.23. The van der Waals surface area contributed by atoms with Gasteiger partial charge in [-0.25, -0.2) is 4.98 Å². The number of hydrogen-bond acceptors (Lipinski definition) is 3. The zero-order chi connectivity index (χ0) is 10.8. The van der Waals surface area contributed by atoms with Gasteiger partial charge >= 0.3 is 0 Å². The van der Waals surface area contributed by atoms with Crippen molar-refractivity contribution in [3.8, 4) is 0 Å².